The van der Waals surface area contributed by atoms with Crippen LogP contribution in [-0.2, 0) is 6.54 Å². The van der Waals surface area contributed by atoms with Crippen molar-refractivity contribution in [3.63, 3.8) is 0 Å². The molecule has 3 atom stereocenters. The van der Waals surface area contributed by atoms with E-state index in [1.807, 2.05) is 31.2 Å². The maximum absolute atomic E-state index is 6.70. The molecule has 1 heterocycles. The van der Waals surface area contributed by atoms with E-state index in [-0.39, 0.29) is 6.04 Å². The van der Waals surface area contributed by atoms with E-state index in [0.29, 0.717) is 34.3 Å². The van der Waals surface area contributed by atoms with Gasteiger partial charge in [0, 0.05) is 0 Å². The average molecular weight is 459 g/mol. The van der Waals surface area contributed by atoms with E-state index in [1.54, 1.807) is 13.2 Å². The Kier molecular flexibility index (Phi) is 8.32. The van der Waals surface area contributed by atoms with Crippen LogP contribution in [0, 0.1) is 5.92 Å². The first-order valence-electron chi connectivity index (χ1n) is 10.7. The normalized spacial score (nSPS) is 20.2. The molecule has 0 aliphatic carbocycles. The molecule has 3 unspecified atom stereocenters. The minimum atomic E-state index is -0.0828. The number of hydrogen-bond donors (Lipinski definition) is 1. The topological polar surface area (TPSA) is 27.7 Å². The molecule has 1 aliphatic rings. The standard InChI is InChI=1S/C24H31BCl2N3O/c1-16-14-29(3)12-11-22(16)30(15-18-7-5-8-19(13-18)31-4)24(25)28-17(2)20-9-6-10-21(26)23(20)27/h5-10,13,16-17,22,28H,11-12,14-15H2,1-4H3. The number of piperidine rings is 1. The van der Waals surface area contributed by atoms with Gasteiger partial charge in [0.25, 0.3) is 0 Å². The van der Waals surface area contributed by atoms with Crippen LogP contribution in [0.2, 0.25) is 10.0 Å². The van der Waals surface area contributed by atoms with Gasteiger partial charge in [0.05, 0.1) is 0 Å². The van der Waals surface area contributed by atoms with E-state index in [2.05, 4.69) is 41.2 Å². The molecule has 0 spiro atoms. The molecule has 1 N–H and O–H groups in total. The van der Waals surface area contributed by atoms with Crippen LogP contribution in [0.3, 0.4) is 0 Å². The number of nitrogens with zero attached hydrogens (tertiary/aromatic N) is 2. The monoisotopic (exact) mass is 458 g/mol. The predicted molar refractivity (Wildman–Crippen MR) is 132 cm³/mol. The Morgan fingerprint density at radius 1 is 1.29 bits per heavy atom. The first kappa shape index (κ1) is 24.0. The van der Waals surface area contributed by atoms with Crippen LogP contribution in [0.15, 0.2) is 42.5 Å². The molecule has 1 saturated heterocycles. The number of likely N-dealkylation sites (tertiary alicyclic amines) is 1. The number of ether oxygens (including phenoxy) is 1. The van der Waals surface area contributed by atoms with Crippen molar-refractivity contribution < 1.29 is 4.74 Å². The van der Waals surface area contributed by atoms with E-state index >= 15 is 0 Å². The zero-order valence-electron chi connectivity index (χ0n) is 18.7. The molecule has 1 aliphatic heterocycles. The Labute approximate surface area is 197 Å². The number of methoxy groups -OCH3 is 1. The first-order valence-corrected chi connectivity index (χ1v) is 11.5. The van der Waals surface area contributed by atoms with Crippen LogP contribution in [0.1, 0.15) is 37.4 Å². The van der Waals surface area contributed by atoms with Gasteiger partial charge in [-0.25, -0.2) is 0 Å². The number of hydrogen-bond acceptors (Lipinski definition) is 4. The number of nitrogens with one attached hydrogen (secondary N) is 1. The summed E-state index contributed by atoms with van der Waals surface area (Å²) in [5.74, 6) is 1.33. The van der Waals surface area contributed by atoms with Crippen LogP contribution < -0.4 is 10.1 Å². The van der Waals surface area contributed by atoms with Gasteiger partial charge >= 0.3 is 198 Å². The Bertz CT molecular complexity index is 910. The summed E-state index contributed by atoms with van der Waals surface area (Å²) in [6.45, 7) is 7.13. The van der Waals surface area contributed by atoms with E-state index in [4.69, 9.17) is 35.4 Å². The van der Waals surface area contributed by atoms with Crippen molar-refractivity contribution in [1.82, 2.24) is 15.1 Å². The molecule has 4 nitrogen and oxygen atoms in total. The second-order valence-electron chi connectivity index (χ2n) is 8.47. The van der Waals surface area contributed by atoms with Crippen molar-refractivity contribution in [3.8, 4) is 5.75 Å². The van der Waals surface area contributed by atoms with Crippen molar-refractivity contribution in [3.05, 3.63) is 63.6 Å². The van der Waals surface area contributed by atoms with Crippen LogP contribution in [0.5, 0.6) is 5.75 Å². The molecule has 1 radical (unpaired) electrons. The molecule has 2 aromatic rings. The van der Waals surface area contributed by atoms with Crippen LogP contribution in [-0.4, -0.2) is 56.3 Å². The van der Waals surface area contributed by atoms with E-state index < -0.39 is 0 Å². The van der Waals surface area contributed by atoms with Crippen molar-refractivity contribution in [2.24, 2.45) is 5.92 Å². The molecular weight excluding hydrogens is 428 g/mol. The summed E-state index contributed by atoms with van der Waals surface area (Å²) in [6, 6.07) is 14.1. The van der Waals surface area contributed by atoms with Crippen molar-refractivity contribution in [2.45, 2.75) is 38.9 Å². The summed E-state index contributed by atoms with van der Waals surface area (Å²) < 4.78 is 5.42. The SMILES string of the molecule is [B]=C(NC(C)c1cccc(Cl)c1Cl)N(Cc1cccc(OC)c1)C1CCN(C)CC1C. The van der Waals surface area contributed by atoms with Crippen molar-refractivity contribution in [1.29, 1.82) is 0 Å². The van der Waals surface area contributed by atoms with E-state index in [1.165, 1.54) is 0 Å². The molecule has 2 aromatic carbocycles. The first-order chi connectivity index (χ1) is 14.8. The summed E-state index contributed by atoms with van der Waals surface area (Å²) in [5.41, 5.74) is 2.73. The van der Waals surface area contributed by atoms with E-state index in [0.717, 1.165) is 36.4 Å². The maximum atomic E-state index is 6.70. The zero-order chi connectivity index (χ0) is 22.5. The third kappa shape index (κ3) is 5.97. The second-order valence-corrected chi connectivity index (χ2v) is 9.25. The van der Waals surface area contributed by atoms with Gasteiger partial charge < -0.3 is 0 Å². The third-order valence-electron chi connectivity index (χ3n) is 6.07. The molecule has 3 rings (SSSR count). The number of rotatable bonds is 8. The van der Waals surface area contributed by atoms with E-state index in [9.17, 15) is 0 Å². The predicted octanol–water partition coefficient (Wildman–Crippen LogP) is 4.75. The van der Waals surface area contributed by atoms with Crippen molar-refractivity contribution in [2.75, 3.05) is 27.2 Å². The Morgan fingerprint density at radius 2 is 2.03 bits per heavy atom. The minimum absolute atomic E-state index is 0.0828. The van der Waals surface area contributed by atoms with Crippen LogP contribution >= 0.6 is 23.2 Å². The van der Waals surface area contributed by atoms with Gasteiger partial charge in [-0.1, -0.05) is 0 Å². The number of halogens is 2. The van der Waals surface area contributed by atoms with Crippen LogP contribution in [0.25, 0.3) is 0 Å². The molecule has 1 fully saturated rings. The molecule has 0 aromatic heterocycles. The Hall–Kier alpha value is -1.69. The van der Waals surface area contributed by atoms with Gasteiger partial charge in [-0.15, -0.1) is 0 Å². The fraction of sp³-hybridized carbons (Fsp3) is 0.458. The summed E-state index contributed by atoms with van der Waals surface area (Å²) in [7, 11) is 10.6. The van der Waals surface area contributed by atoms with Gasteiger partial charge in [0.15, 0.2) is 0 Å². The molecule has 7 heteroatoms. The quantitative estimate of drug-likeness (QED) is 0.577. The van der Waals surface area contributed by atoms with Gasteiger partial charge in [0.2, 0.25) is 0 Å². The van der Waals surface area contributed by atoms with Crippen molar-refractivity contribution >= 4 is 36.4 Å². The van der Waals surface area contributed by atoms with Gasteiger partial charge in [-0.2, -0.15) is 0 Å². The van der Waals surface area contributed by atoms with Crippen LogP contribution in [0.4, 0.5) is 0 Å². The summed E-state index contributed by atoms with van der Waals surface area (Å²) in [6.07, 6.45) is 1.05. The molecule has 0 bridgehead atoms. The fourth-order valence-electron chi connectivity index (χ4n) is 4.39. The number of benzene rings is 2. The Morgan fingerprint density at radius 3 is 2.74 bits per heavy atom. The molecule has 0 saturated carbocycles. The third-order valence-corrected chi connectivity index (χ3v) is 6.91. The molecule has 31 heavy (non-hydrogen) atoms. The molecular formula is C24H31BCl2N3O. The van der Waals surface area contributed by atoms with Gasteiger partial charge in [-0.3, -0.25) is 0 Å². The summed E-state index contributed by atoms with van der Waals surface area (Å²) in [5, 5.41) is 4.58. The zero-order valence-corrected chi connectivity index (χ0v) is 20.2. The Balaban J connectivity index is 1.83. The molecule has 0 amide bonds. The average Bonchev–Trinajstić information content (AvgIpc) is 2.74. The fourth-order valence-corrected chi connectivity index (χ4v) is 4.86. The van der Waals surface area contributed by atoms with Gasteiger partial charge in [-0.05, 0) is 0 Å². The van der Waals surface area contributed by atoms with Gasteiger partial charge in [0.1, 0.15) is 0 Å². The molecule has 165 valence electrons. The summed E-state index contributed by atoms with van der Waals surface area (Å²) in [4.78, 5) is 4.67. The summed E-state index contributed by atoms with van der Waals surface area (Å²) >= 11 is 12.7. The second kappa shape index (κ2) is 10.8.